The minimum Gasteiger partial charge on any atom is -0.394 e. The third-order valence-corrected chi connectivity index (χ3v) is 8.81. The summed E-state index contributed by atoms with van der Waals surface area (Å²) in [5.74, 6) is 1.44. The first-order valence-electron chi connectivity index (χ1n) is 11.3. The SMILES string of the molecule is O=[S@@]1CCCc2nc(N3CCC(c4ccc(Cl)cc4)C(F)C3)nc(NC3(CO)CCC3)c21. The molecule has 5 rings (SSSR count). The Labute approximate surface area is 195 Å². The molecule has 2 unspecified atom stereocenters. The van der Waals surface area contributed by atoms with E-state index in [1.54, 1.807) is 12.1 Å². The topological polar surface area (TPSA) is 78.4 Å². The molecule has 172 valence electrons. The fourth-order valence-corrected chi connectivity index (χ4v) is 6.40. The summed E-state index contributed by atoms with van der Waals surface area (Å²) in [6.45, 7) is 0.854. The number of fused-ring (bicyclic) bond motifs is 1. The summed E-state index contributed by atoms with van der Waals surface area (Å²) in [4.78, 5) is 12.0. The van der Waals surface area contributed by atoms with E-state index in [0.717, 1.165) is 43.4 Å². The first-order chi connectivity index (χ1) is 15.5. The number of aromatic nitrogens is 2. The van der Waals surface area contributed by atoms with Crippen LogP contribution in [0.25, 0.3) is 0 Å². The van der Waals surface area contributed by atoms with Crippen molar-refractivity contribution in [3.05, 3.63) is 40.5 Å². The fourth-order valence-electron chi connectivity index (χ4n) is 4.94. The number of anilines is 2. The lowest BCUT2D eigenvalue weighted by atomic mass is 9.77. The molecule has 2 fully saturated rings. The summed E-state index contributed by atoms with van der Waals surface area (Å²) in [7, 11) is -1.17. The molecule has 3 heterocycles. The number of halogens is 2. The Bertz CT molecular complexity index is 1010. The Morgan fingerprint density at radius 1 is 1.25 bits per heavy atom. The first-order valence-corrected chi connectivity index (χ1v) is 13.0. The van der Waals surface area contributed by atoms with Gasteiger partial charge in [-0.2, -0.15) is 4.98 Å². The van der Waals surface area contributed by atoms with Crippen LogP contribution in [0.5, 0.6) is 0 Å². The molecular formula is C23H28ClFN4O2S. The average Bonchev–Trinajstić information content (AvgIpc) is 2.77. The van der Waals surface area contributed by atoms with Gasteiger partial charge in [-0.15, -0.1) is 0 Å². The van der Waals surface area contributed by atoms with Gasteiger partial charge < -0.3 is 15.3 Å². The van der Waals surface area contributed by atoms with Gasteiger partial charge in [0.1, 0.15) is 16.9 Å². The lowest BCUT2D eigenvalue weighted by Gasteiger charge is -2.42. The second-order valence-electron chi connectivity index (χ2n) is 9.13. The van der Waals surface area contributed by atoms with E-state index in [9.17, 15) is 9.32 Å². The predicted molar refractivity (Wildman–Crippen MR) is 125 cm³/mol. The van der Waals surface area contributed by atoms with Crippen LogP contribution in [-0.2, 0) is 17.2 Å². The summed E-state index contributed by atoms with van der Waals surface area (Å²) in [6, 6.07) is 7.40. The van der Waals surface area contributed by atoms with Crippen molar-refractivity contribution in [2.24, 2.45) is 0 Å². The highest BCUT2D eigenvalue weighted by Crippen LogP contribution is 2.39. The van der Waals surface area contributed by atoms with Crippen molar-refractivity contribution in [2.45, 2.75) is 61.0 Å². The van der Waals surface area contributed by atoms with Gasteiger partial charge in [0.15, 0.2) is 0 Å². The van der Waals surface area contributed by atoms with Crippen molar-refractivity contribution in [1.82, 2.24) is 9.97 Å². The van der Waals surface area contributed by atoms with Crippen molar-refractivity contribution < 1.29 is 13.7 Å². The Morgan fingerprint density at radius 3 is 2.69 bits per heavy atom. The summed E-state index contributed by atoms with van der Waals surface area (Å²) in [5.41, 5.74) is 1.33. The Balaban J connectivity index is 1.42. The number of benzene rings is 1. The zero-order valence-corrected chi connectivity index (χ0v) is 19.5. The molecule has 1 aromatic heterocycles. The van der Waals surface area contributed by atoms with Crippen LogP contribution < -0.4 is 10.2 Å². The van der Waals surface area contributed by atoms with E-state index in [0.29, 0.717) is 40.4 Å². The number of hydrogen-bond donors (Lipinski definition) is 2. The molecule has 9 heteroatoms. The highest BCUT2D eigenvalue weighted by Gasteiger charge is 2.39. The maximum absolute atomic E-state index is 15.2. The lowest BCUT2D eigenvalue weighted by molar-refractivity contribution is 0.143. The van der Waals surface area contributed by atoms with Gasteiger partial charge in [-0.3, -0.25) is 4.21 Å². The van der Waals surface area contributed by atoms with Gasteiger partial charge in [-0.1, -0.05) is 23.7 Å². The van der Waals surface area contributed by atoms with Crippen LogP contribution in [-0.4, -0.2) is 56.4 Å². The molecule has 1 saturated carbocycles. The molecule has 1 aromatic carbocycles. The van der Waals surface area contributed by atoms with Gasteiger partial charge in [-0.05, 0) is 56.2 Å². The largest absolute Gasteiger partial charge is 0.394 e. The molecule has 2 N–H and O–H groups in total. The van der Waals surface area contributed by atoms with Crippen molar-refractivity contribution in [2.75, 3.05) is 35.7 Å². The van der Waals surface area contributed by atoms with Gasteiger partial charge in [0, 0.05) is 23.2 Å². The predicted octanol–water partition coefficient (Wildman–Crippen LogP) is 3.84. The van der Waals surface area contributed by atoms with Gasteiger partial charge in [0.05, 0.1) is 35.2 Å². The van der Waals surface area contributed by atoms with Gasteiger partial charge >= 0.3 is 0 Å². The Kier molecular flexibility index (Phi) is 6.11. The highest BCUT2D eigenvalue weighted by atomic mass is 35.5. The smallest absolute Gasteiger partial charge is 0.227 e. The quantitative estimate of drug-likeness (QED) is 0.679. The molecule has 0 bridgehead atoms. The van der Waals surface area contributed by atoms with E-state index in [-0.39, 0.29) is 19.1 Å². The van der Waals surface area contributed by atoms with Crippen LogP contribution in [0, 0.1) is 0 Å². The number of rotatable bonds is 5. The monoisotopic (exact) mass is 478 g/mol. The lowest BCUT2D eigenvalue weighted by Crippen LogP contribution is -2.49. The number of nitrogens with zero attached hydrogens (tertiary/aromatic N) is 3. The number of aliphatic hydroxyl groups is 1. The normalized spacial score (nSPS) is 26.8. The fraction of sp³-hybridized carbons (Fsp3) is 0.565. The standard InChI is InChI=1S/C23H28ClFN4O2S/c24-16-6-4-15(5-7-16)17-8-11-29(13-18(17)25)22-26-19-3-1-12-32(31)20(19)21(27-22)28-23(14-30)9-2-10-23/h4-7,17-18,30H,1-3,8-14H2,(H,26,27,28)/t17?,18?,32-/m1/s1. The third kappa shape index (κ3) is 4.13. The first kappa shape index (κ1) is 22.0. The van der Waals surface area contributed by atoms with Crippen LogP contribution >= 0.6 is 11.6 Å². The Morgan fingerprint density at radius 2 is 2.03 bits per heavy atom. The second-order valence-corrected chi connectivity index (χ2v) is 11.1. The van der Waals surface area contributed by atoms with Crippen LogP contribution in [0.15, 0.2) is 29.2 Å². The van der Waals surface area contributed by atoms with Crippen molar-refractivity contribution in [1.29, 1.82) is 0 Å². The molecule has 2 aliphatic heterocycles. The molecule has 3 atom stereocenters. The zero-order chi connectivity index (χ0) is 22.3. The van der Waals surface area contributed by atoms with Crippen LogP contribution in [0.2, 0.25) is 5.02 Å². The molecule has 2 aromatic rings. The van der Waals surface area contributed by atoms with Crippen molar-refractivity contribution in [3.63, 3.8) is 0 Å². The van der Waals surface area contributed by atoms with Crippen LogP contribution in [0.3, 0.4) is 0 Å². The molecule has 3 aliphatic rings. The van der Waals surface area contributed by atoms with Crippen LogP contribution in [0.4, 0.5) is 16.2 Å². The zero-order valence-electron chi connectivity index (χ0n) is 17.9. The van der Waals surface area contributed by atoms with Gasteiger partial charge in [0.25, 0.3) is 0 Å². The number of aliphatic hydroxyl groups excluding tert-OH is 1. The minimum atomic E-state index is -1.17. The van der Waals surface area contributed by atoms with E-state index in [1.807, 2.05) is 17.0 Å². The minimum absolute atomic E-state index is 0.00673. The molecule has 0 spiro atoms. The number of aryl methyl sites for hydroxylation is 1. The van der Waals surface area contributed by atoms with E-state index >= 15 is 4.39 Å². The summed E-state index contributed by atoms with van der Waals surface area (Å²) >= 11 is 5.98. The van der Waals surface area contributed by atoms with E-state index in [1.165, 1.54) is 0 Å². The van der Waals surface area contributed by atoms with Crippen molar-refractivity contribution in [3.8, 4) is 0 Å². The Hall–Kier alpha value is -1.77. The summed E-state index contributed by atoms with van der Waals surface area (Å²) < 4.78 is 28.0. The molecular weight excluding hydrogens is 451 g/mol. The van der Waals surface area contributed by atoms with E-state index in [4.69, 9.17) is 21.6 Å². The molecule has 0 amide bonds. The summed E-state index contributed by atoms with van der Waals surface area (Å²) in [5, 5.41) is 14.0. The van der Waals surface area contributed by atoms with Gasteiger partial charge in [0.2, 0.25) is 5.95 Å². The van der Waals surface area contributed by atoms with E-state index in [2.05, 4.69) is 5.32 Å². The molecule has 1 aliphatic carbocycles. The van der Waals surface area contributed by atoms with Crippen molar-refractivity contribution >= 4 is 34.2 Å². The van der Waals surface area contributed by atoms with Crippen LogP contribution in [0.1, 0.15) is 49.3 Å². The number of hydrogen-bond acceptors (Lipinski definition) is 6. The molecule has 1 saturated heterocycles. The highest BCUT2D eigenvalue weighted by molar-refractivity contribution is 7.85. The number of alkyl halides is 1. The van der Waals surface area contributed by atoms with Gasteiger partial charge in [-0.25, -0.2) is 9.37 Å². The third-order valence-electron chi connectivity index (χ3n) is 7.01. The molecule has 6 nitrogen and oxygen atoms in total. The maximum Gasteiger partial charge on any atom is 0.227 e. The number of piperidine rings is 1. The molecule has 0 radical (unpaired) electrons. The number of nitrogens with one attached hydrogen (secondary N) is 1. The summed E-state index contributed by atoms with van der Waals surface area (Å²) in [6.07, 6.45) is 3.89. The maximum atomic E-state index is 15.2. The second kappa shape index (κ2) is 8.88. The molecule has 32 heavy (non-hydrogen) atoms. The van der Waals surface area contributed by atoms with E-state index < -0.39 is 22.5 Å². The average molecular weight is 479 g/mol.